The van der Waals surface area contributed by atoms with Crippen molar-refractivity contribution in [1.29, 1.82) is 0 Å². The monoisotopic (exact) mass is 459 g/mol. The summed E-state index contributed by atoms with van der Waals surface area (Å²) in [6.45, 7) is 8.57. The number of allylic oxidation sites excluding steroid dienone is 1. The van der Waals surface area contributed by atoms with Crippen LogP contribution in [0.25, 0.3) is 0 Å². The van der Waals surface area contributed by atoms with Crippen LogP contribution in [0.5, 0.6) is 0 Å². The number of rotatable bonds is 8. The number of halogens is 2. The highest BCUT2D eigenvalue weighted by Crippen LogP contribution is 2.52. The lowest BCUT2D eigenvalue weighted by atomic mass is 9.67. The van der Waals surface area contributed by atoms with Gasteiger partial charge in [0, 0.05) is 23.1 Å². The third-order valence-corrected chi connectivity index (χ3v) is 6.90. The van der Waals surface area contributed by atoms with Crippen molar-refractivity contribution in [3.8, 4) is 0 Å². The van der Waals surface area contributed by atoms with Gasteiger partial charge in [-0.05, 0) is 54.7 Å². The Labute approximate surface area is 196 Å². The molecule has 166 valence electrons. The number of methoxy groups -OCH3 is 1. The van der Waals surface area contributed by atoms with E-state index in [1.54, 1.807) is 7.11 Å². The van der Waals surface area contributed by atoms with Crippen molar-refractivity contribution in [2.75, 3.05) is 13.7 Å². The Balaban J connectivity index is 2.21. The van der Waals surface area contributed by atoms with Crippen LogP contribution in [0.3, 0.4) is 0 Å². The van der Waals surface area contributed by atoms with Crippen LogP contribution in [0.15, 0.2) is 61.2 Å². The molecule has 31 heavy (non-hydrogen) atoms. The minimum atomic E-state index is -0.543. The summed E-state index contributed by atoms with van der Waals surface area (Å²) >= 11 is 12.6. The highest BCUT2D eigenvalue weighted by Gasteiger charge is 2.50. The fraction of sp³-hybridized carbons (Fsp3) is 0.423. The maximum Gasteiger partial charge on any atom is 0.229 e. The molecule has 3 rings (SSSR count). The summed E-state index contributed by atoms with van der Waals surface area (Å²) in [6.07, 6.45) is 3.99. The molecular weight excluding hydrogens is 429 g/mol. The molecule has 0 saturated carbocycles. The van der Waals surface area contributed by atoms with Gasteiger partial charge in [-0.3, -0.25) is 4.79 Å². The van der Waals surface area contributed by atoms with E-state index >= 15 is 0 Å². The number of carbonyl (C=O) groups excluding carboxylic acids is 1. The molecule has 2 aromatic carbocycles. The Morgan fingerprint density at radius 2 is 1.90 bits per heavy atom. The maximum absolute atomic E-state index is 14.0. The van der Waals surface area contributed by atoms with E-state index in [0.717, 1.165) is 17.5 Å². The van der Waals surface area contributed by atoms with E-state index in [-0.39, 0.29) is 23.9 Å². The fourth-order valence-electron chi connectivity index (χ4n) is 4.88. The summed E-state index contributed by atoms with van der Waals surface area (Å²) in [7, 11) is 1.69. The Kier molecular flexibility index (Phi) is 7.85. The number of hydrogen-bond donors (Lipinski definition) is 0. The van der Waals surface area contributed by atoms with Crippen LogP contribution in [-0.4, -0.2) is 30.6 Å². The second kappa shape index (κ2) is 10.2. The van der Waals surface area contributed by atoms with Gasteiger partial charge in [-0.2, -0.15) is 0 Å². The number of likely N-dealkylation sites (tertiary alicyclic amines) is 1. The van der Waals surface area contributed by atoms with Crippen LogP contribution in [0.4, 0.5) is 0 Å². The van der Waals surface area contributed by atoms with Crippen molar-refractivity contribution >= 4 is 29.1 Å². The third kappa shape index (κ3) is 5.00. The average molecular weight is 460 g/mol. The maximum atomic E-state index is 14.0. The molecule has 0 radical (unpaired) electrons. The van der Waals surface area contributed by atoms with Gasteiger partial charge < -0.3 is 9.64 Å². The van der Waals surface area contributed by atoms with Crippen LogP contribution in [0, 0.1) is 5.41 Å². The van der Waals surface area contributed by atoms with E-state index in [1.807, 2.05) is 48.5 Å². The Morgan fingerprint density at radius 3 is 2.48 bits per heavy atom. The number of hydrogen-bond acceptors (Lipinski definition) is 2. The second-order valence-electron chi connectivity index (χ2n) is 8.65. The summed E-state index contributed by atoms with van der Waals surface area (Å²) in [5.41, 5.74) is 1.66. The molecule has 0 aliphatic carbocycles. The summed E-state index contributed by atoms with van der Waals surface area (Å²) in [6, 6.07) is 15.7. The van der Waals surface area contributed by atoms with Crippen molar-refractivity contribution in [2.24, 2.45) is 5.41 Å². The van der Waals surface area contributed by atoms with Crippen molar-refractivity contribution < 1.29 is 9.53 Å². The second-order valence-corrected chi connectivity index (χ2v) is 9.52. The van der Waals surface area contributed by atoms with Gasteiger partial charge in [-0.25, -0.2) is 0 Å². The molecule has 1 aliphatic rings. The first-order valence-electron chi connectivity index (χ1n) is 10.8. The molecule has 1 amide bonds. The number of carbonyl (C=O) groups is 1. The Hall–Kier alpha value is -1.81. The first kappa shape index (κ1) is 23.8. The van der Waals surface area contributed by atoms with Gasteiger partial charge in [0.2, 0.25) is 5.91 Å². The summed E-state index contributed by atoms with van der Waals surface area (Å²) in [5.74, 6) is 0.225. The molecule has 0 aromatic heterocycles. The predicted molar refractivity (Wildman–Crippen MR) is 129 cm³/mol. The smallest absolute Gasteiger partial charge is 0.229 e. The van der Waals surface area contributed by atoms with Gasteiger partial charge in [0.25, 0.3) is 0 Å². The van der Waals surface area contributed by atoms with E-state index in [1.165, 1.54) is 0 Å². The molecule has 0 N–H and O–H groups in total. The van der Waals surface area contributed by atoms with Gasteiger partial charge in [-0.15, -0.1) is 6.58 Å². The number of ether oxygens (including phenoxy) is 1. The SMILES string of the molecule is C=CC[C@@]1(C)CC(c2cccc(Cl)c2)C(c2ccc(Cl)cc2)N(C(CC)COC)C1=O. The molecular formula is C26H31Cl2NO2. The third-order valence-electron chi connectivity index (χ3n) is 6.41. The lowest BCUT2D eigenvalue weighted by Gasteiger charge is -2.52. The van der Waals surface area contributed by atoms with Gasteiger partial charge in [0.05, 0.1) is 24.1 Å². The summed E-state index contributed by atoms with van der Waals surface area (Å²) in [4.78, 5) is 16.0. The first-order valence-corrected chi connectivity index (χ1v) is 11.5. The van der Waals surface area contributed by atoms with Crippen LogP contribution in [0.1, 0.15) is 56.2 Å². The molecule has 1 saturated heterocycles. The van der Waals surface area contributed by atoms with E-state index in [2.05, 4.69) is 31.4 Å². The molecule has 1 heterocycles. The number of amides is 1. The molecule has 0 bridgehead atoms. The zero-order chi connectivity index (χ0) is 22.6. The van der Waals surface area contributed by atoms with Crippen molar-refractivity contribution in [3.05, 3.63) is 82.4 Å². The lowest BCUT2D eigenvalue weighted by molar-refractivity contribution is -0.156. The molecule has 0 spiro atoms. The number of piperidine rings is 1. The van der Waals surface area contributed by atoms with Crippen LogP contribution >= 0.6 is 23.2 Å². The average Bonchev–Trinajstić information content (AvgIpc) is 2.75. The van der Waals surface area contributed by atoms with E-state index in [4.69, 9.17) is 27.9 Å². The van der Waals surface area contributed by atoms with Gasteiger partial charge in [0.15, 0.2) is 0 Å². The molecule has 5 heteroatoms. The highest BCUT2D eigenvalue weighted by molar-refractivity contribution is 6.30. The lowest BCUT2D eigenvalue weighted by Crippen LogP contribution is -2.56. The first-order chi connectivity index (χ1) is 14.8. The largest absolute Gasteiger partial charge is 0.383 e. The standard InChI is InChI=1S/C26H31Cl2NO2/c1-5-14-26(3)16-23(19-8-7-9-21(28)15-19)24(18-10-12-20(27)13-11-18)29(25(26)30)22(6-2)17-31-4/h5,7-13,15,22-24H,1,6,14,16-17H2,2-4H3/t22?,23?,24?,26-/m0/s1. The van der Waals surface area contributed by atoms with Gasteiger partial charge >= 0.3 is 0 Å². The van der Waals surface area contributed by atoms with Gasteiger partial charge in [0.1, 0.15) is 0 Å². The van der Waals surface area contributed by atoms with E-state index < -0.39 is 5.41 Å². The molecule has 1 aliphatic heterocycles. The Bertz CT molecular complexity index is 914. The van der Waals surface area contributed by atoms with E-state index in [9.17, 15) is 4.79 Å². The van der Waals surface area contributed by atoms with Crippen molar-refractivity contribution in [1.82, 2.24) is 4.90 Å². The summed E-state index contributed by atoms with van der Waals surface area (Å²) < 4.78 is 5.53. The summed E-state index contributed by atoms with van der Waals surface area (Å²) in [5, 5.41) is 1.38. The molecule has 3 nitrogen and oxygen atoms in total. The van der Waals surface area contributed by atoms with Crippen molar-refractivity contribution in [2.45, 2.75) is 51.1 Å². The number of nitrogens with zero attached hydrogens (tertiary/aromatic N) is 1. The topological polar surface area (TPSA) is 29.5 Å². The Morgan fingerprint density at radius 1 is 1.19 bits per heavy atom. The number of benzene rings is 2. The minimum absolute atomic E-state index is 0.0377. The zero-order valence-electron chi connectivity index (χ0n) is 18.5. The van der Waals surface area contributed by atoms with Gasteiger partial charge in [-0.1, -0.05) is 67.4 Å². The normalized spacial score (nSPS) is 24.8. The molecule has 2 aromatic rings. The van der Waals surface area contributed by atoms with E-state index in [0.29, 0.717) is 29.5 Å². The molecule has 4 atom stereocenters. The van der Waals surface area contributed by atoms with Crippen LogP contribution in [0.2, 0.25) is 10.0 Å². The minimum Gasteiger partial charge on any atom is -0.383 e. The zero-order valence-corrected chi connectivity index (χ0v) is 20.0. The van der Waals surface area contributed by atoms with Crippen LogP contribution in [-0.2, 0) is 9.53 Å². The highest BCUT2D eigenvalue weighted by atomic mass is 35.5. The predicted octanol–water partition coefficient (Wildman–Crippen LogP) is 7.06. The quantitative estimate of drug-likeness (QED) is 0.395. The van der Waals surface area contributed by atoms with Crippen LogP contribution < -0.4 is 0 Å². The molecule has 3 unspecified atom stereocenters. The fourth-order valence-corrected chi connectivity index (χ4v) is 5.20. The van der Waals surface area contributed by atoms with Crippen molar-refractivity contribution in [3.63, 3.8) is 0 Å². The molecule has 1 fully saturated rings.